The van der Waals surface area contributed by atoms with Crippen molar-refractivity contribution in [2.45, 2.75) is 38.2 Å². The van der Waals surface area contributed by atoms with Crippen LogP contribution < -0.4 is 0 Å². The number of allylic oxidation sites excluding steroid dienone is 1. The molecule has 1 aromatic carbocycles. The Morgan fingerprint density at radius 2 is 1.82 bits per heavy atom. The summed E-state index contributed by atoms with van der Waals surface area (Å²) in [5.41, 5.74) is 1.01. The molecular weight excluding hydrogens is 224 g/mol. The maximum absolute atomic E-state index is 10.2. The summed E-state index contributed by atoms with van der Waals surface area (Å²) in [5.74, 6) is 0.428. The van der Waals surface area contributed by atoms with Crippen molar-refractivity contribution < 1.29 is 5.11 Å². The number of hydrogen-bond acceptors (Lipinski definition) is 1. The summed E-state index contributed by atoms with van der Waals surface area (Å²) in [6.45, 7) is 11.0. The highest BCUT2D eigenvalue weighted by molar-refractivity contribution is 6.76. The molecular formula is C15H24OSi. The quantitative estimate of drug-likeness (QED) is 0.589. The van der Waals surface area contributed by atoms with Gasteiger partial charge in [0.05, 0.1) is 6.10 Å². The van der Waals surface area contributed by atoms with E-state index in [2.05, 4.69) is 26.2 Å². The van der Waals surface area contributed by atoms with E-state index in [-0.39, 0.29) is 6.10 Å². The lowest BCUT2D eigenvalue weighted by molar-refractivity contribution is 0.155. The second kappa shape index (κ2) is 6.17. The van der Waals surface area contributed by atoms with Gasteiger partial charge >= 0.3 is 0 Å². The molecule has 94 valence electrons. The monoisotopic (exact) mass is 248 g/mol. The maximum Gasteiger partial charge on any atom is 0.0795 e. The van der Waals surface area contributed by atoms with Gasteiger partial charge in [0, 0.05) is 8.07 Å². The third kappa shape index (κ3) is 5.33. The van der Waals surface area contributed by atoms with Gasteiger partial charge in [0.25, 0.3) is 0 Å². The zero-order valence-electron chi connectivity index (χ0n) is 11.2. The highest BCUT2D eigenvalue weighted by atomic mass is 28.3. The van der Waals surface area contributed by atoms with Gasteiger partial charge in [0.1, 0.15) is 0 Å². The minimum atomic E-state index is -1.09. The predicted molar refractivity (Wildman–Crippen MR) is 77.9 cm³/mol. The van der Waals surface area contributed by atoms with Gasteiger partial charge < -0.3 is 5.11 Å². The van der Waals surface area contributed by atoms with Gasteiger partial charge in [-0.15, -0.1) is 6.58 Å². The number of hydrogen-bond donors (Lipinski definition) is 1. The van der Waals surface area contributed by atoms with Gasteiger partial charge in [-0.05, 0) is 17.9 Å². The molecule has 0 saturated heterocycles. The minimum absolute atomic E-state index is 0.365. The molecule has 0 bridgehead atoms. The van der Waals surface area contributed by atoms with E-state index in [4.69, 9.17) is 0 Å². The molecule has 1 aromatic rings. The van der Waals surface area contributed by atoms with Crippen LogP contribution in [0.25, 0.3) is 0 Å². The first-order valence-corrected chi connectivity index (χ1v) is 9.98. The summed E-state index contributed by atoms with van der Waals surface area (Å²) in [4.78, 5) is 0. The highest BCUT2D eigenvalue weighted by Gasteiger charge is 2.21. The van der Waals surface area contributed by atoms with Crippen LogP contribution in [-0.4, -0.2) is 13.2 Å². The minimum Gasteiger partial charge on any atom is -0.388 e. The van der Waals surface area contributed by atoms with E-state index in [1.54, 1.807) is 0 Å². The van der Waals surface area contributed by atoms with Gasteiger partial charge in [-0.3, -0.25) is 0 Å². The first kappa shape index (κ1) is 14.2. The standard InChI is InChI=1S/C15H24OSi/c1-5-13(12-17(2,3)4)11-15(16)14-9-7-6-8-10-14/h5-10,13,15-16H,1,11-12H2,2-4H3/t13-,15+/m0/s1. The smallest absolute Gasteiger partial charge is 0.0795 e. The first-order chi connectivity index (χ1) is 7.92. The molecule has 1 N–H and O–H groups in total. The molecule has 0 unspecified atom stereocenters. The molecule has 0 spiro atoms. The molecule has 0 aliphatic rings. The van der Waals surface area contributed by atoms with E-state index in [1.165, 1.54) is 6.04 Å². The van der Waals surface area contributed by atoms with Crippen LogP contribution in [0.15, 0.2) is 43.0 Å². The van der Waals surface area contributed by atoms with Crippen molar-refractivity contribution in [3.05, 3.63) is 48.6 Å². The van der Waals surface area contributed by atoms with E-state index < -0.39 is 8.07 Å². The molecule has 0 heterocycles. The van der Waals surface area contributed by atoms with Crippen molar-refractivity contribution in [3.63, 3.8) is 0 Å². The van der Waals surface area contributed by atoms with Crippen LogP contribution in [0.3, 0.4) is 0 Å². The summed E-state index contributed by atoms with van der Waals surface area (Å²) in [6, 6.07) is 11.1. The third-order valence-corrected chi connectivity index (χ3v) is 4.67. The number of aliphatic hydroxyl groups is 1. The van der Waals surface area contributed by atoms with Crippen molar-refractivity contribution >= 4 is 8.07 Å². The van der Waals surface area contributed by atoms with Crippen LogP contribution >= 0.6 is 0 Å². The molecule has 1 rings (SSSR count). The summed E-state index contributed by atoms with van der Waals surface area (Å²) in [6.07, 6.45) is 2.43. The van der Waals surface area contributed by atoms with Crippen LogP contribution in [0.4, 0.5) is 0 Å². The zero-order chi connectivity index (χ0) is 12.9. The average Bonchev–Trinajstić information content (AvgIpc) is 2.27. The van der Waals surface area contributed by atoms with Crippen LogP contribution in [-0.2, 0) is 0 Å². The molecule has 0 fully saturated rings. The molecule has 1 nitrogen and oxygen atoms in total. The van der Waals surface area contributed by atoms with Gasteiger partial charge in [-0.1, -0.05) is 62.1 Å². The Labute approximate surface area is 106 Å². The fourth-order valence-electron chi connectivity index (χ4n) is 2.15. The molecule has 0 radical (unpaired) electrons. The van der Waals surface area contributed by atoms with Crippen molar-refractivity contribution in [2.24, 2.45) is 5.92 Å². The fraction of sp³-hybridized carbons (Fsp3) is 0.467. The SMILES string of the molecule is C=C[C@@H](C[C@@H](O)c1ccccc1)C[Si](C)(C)C. The number of aliphatic hydroxyl groups excluding tert-OH is 1. The van der Waals surface area contributed by atoms with Crippen LogP contribution in [0.5, 0.6) is 0 Å². The van der Waals surface area contributed by atoms with Crippen LogP contribution in [0.2, 0.25) is 25.7 Å². The lowest BCUT2D eigenvalue weighted by Gasteiger charge is -2.24. The highest BCUT2D eigenvalue weighted by Crippen LogP contribution is 2.27. The Morgan fingerprint density at radius 1 is 1.24 bits per heavy atom. The van der Waals surface area contributed by atoms with Crippen molar-refractivity contribution in [3.8, 4) is 0 Å². The normalized spacial score (nSPS) is 15.3. The predicted octanol–water partition coefficient (Wildman–Crippen LogP) is 4.25. The average molecular weight is 248 g/mol. The summed E-state index contributed by atoms with van der Waals surface area (Å²) < 4.78 is 0. The van der Waals surface area contributed by atoms with E-state index in [0.717, 1.165) is 12.0 Å². The van der Waals surface area contributed by atoms with E-state index in [1.807, 2.05) is 36.4 Å². The Balaban J connectivity index is 2.60. The maximum atomic E-state index is 10.2. The van der Waals surface area contributed by atoms with Crippen molar-refractivity contribution in [1.29, 1.82) is 0 Å². The molecule has 0 aliphatic heterocycles. The van der Waals surface area contributed by atoms with Gasteiger partial charge in [0.15, 0.2) is 0 Å². The van der Waals surface area contributed by atoms with Crippen LogP contribution in [0.1, 0.15) is 18.1 Å². The van der Waals surface area contributed by atoms with Crippen molar-refractivity contribution in [2.75, 3.05) is 0 Å². The van der Waals surface area contributed by atoms with E-state index in [0.29, 0.717) is 5.92 Å². The van der Waals surface area contributed by atoms with E-state index in [9.17, 15) is 5.11 Å². The lowest BCUT2D eigenvalue weighted by atomic mass is 9.98. The number of benzene rings is 1. The van der Waals surface area contributed by atoms with Gasteiger partial charge in [-0.25, -0.2) is 0 Å². The lowest BCUT2D eigenvalue weighted by Crippen LogP contribution is -2.24. The number of rotatable bonds is 6. The van der Waals surface area contributed by atoms with Crippen molar-refractivity contribution in [1.82, 2.24) is 0 Å². The third-order valence-electron chi connectivity index (χ3n) is 2.92. The van der Waals surface area contributed by atoms with Crippen LogP contribution in [0, 0.1) is 5.92 Å². The Morgan fingerprint density at radius 3 is 2.29 bits per heavy atom. The molecule has 0 saturated carbocycles. The fourth-order valence-corrected chi connectivity index (χ4v) is 4.05. The Kier molecular flexibility index (Phi) is 5.16. The molecule has 0 amide bonds. The second-order valence-corrected chi connectivity index (χ2v) is 11.5. The van der Waals surface area contributed by atoms with Gasteiger partial charge in [-0.2, -0.15) is 0 Å². The summed E-state index contributed by atoms with van der Waals surface area (Å²) in [7, 11) is -1.09. The second-order valence-electron chi connectivity index (χ2n) is 5.92. The molecule has 2 atom stereocenters. The Hall–Kier alpha value is -0.863. The topological polar surface area (TPSA) is 20.2 Å². The summed E-state index contributed by atoms with van der Waals surface area (Å²) in [5, 5.41) is 10.2. The largest absolute Gasteiger partial charge is 0.388 e. The molecule has 0 aromatic heterocycles. The molecule has 17 heavy (non-hydrogen) atoms. The Bertz CT molecular complexity index is 340. The van der Waals surface area contributed by atoms with Gasteiger partial charge in [0.2, 0.25) is 0 Å². The first-order valence-electron chi connectivity index (χ1n) is 6.28. The molecule has 2 heteroatoms. The zero-order valence-corrected chi connectivity index (χ0v) is 12.2. The van der Waals surface area contributed by atoms with E-state index >= 15 is 0 Å². The molecule has 0 aliphatic carbocycles. The summed E-state index contributed by atoms with van der Waals surface area (Å²) >= 11 is 0.